The first-order chi connectivity index (χ1) is 14.2. The van der Waals surface area contributed by atoms with Gasteiger partial charge in [-0.25, -0.2) is 4.79 Å². The van der Waals surface area contributed by atoms with E-state index in [1.54, 1.807) is 0 Å². The number of hydrogen-bond acceptors (Lipinski definition) is 8. The number of nitrogen functional groups attached to an aromatic ring is 2. The minimum atomic E-state index is -1.23. The number of carbonyl (C=O) groups is 3. The molecule has 0 aliphatic heterocycles. The van der Waals surface area contributed by atoms with Crippen LogP contribution in [-0.4, -0.2) is 49.2 Å². The molecule has 0 saturated carbocycles. The Balaban J connectivity index is 2.11. The molecule has 1 amide bonds. The predicted octanol–water partition coefficient (Wildman–Crippen LogP) is 1.44. The van der Waals surface area contributed by atoms with Gasteiger partial charge in [0.2, 0.25) is 17.7 Å². The Labute approximate surface area is 174 Å². The van der Waals surface area contributed by atoms with Gasteiger partial charge in [0.05, 0.1) is 5.56 Å². The molecule has 1 rings (SSSR count). The van der Waals surface area contributed by atoms with Crippen molar-refractivity contribution in [3.05, 3.63) is 5.56 Å². The molecular formula is C19H31N5O6. The van der Waals surface area contributed by atoms with Gasteiger partial charge < -0.3 is 32.1 Å². The summed E-state index contributed by atoms with van der Waals surface area (Å²) in [7, 11) is 0. The molecule has 11 nitrogen and oxygen atoms in total. The van der Waals surface area contributed by atoms with Crippen molar-refractivity contribution in [2.24, 2.45) is 0 Å². The number of nitrogens with one attached hydrogen (secondary N) is 1. The maximum absolute atomic E-state index is 11.8. The van der Waals surface area contributed by atoms with Gasteiger partial charge in [-0.1, -0.05) is 32.1 Å². The van der Waals surface area contributed by atoms with Crippen LogP contribution in [0.3, 0.4) is 0 Å². The summed E-state index contributed by atoms with van der Waals surface area (Å²) in [5.41, 5.74) is 11.7. The molecule has 30 heavy (non-hydrogen) atoms. The summed E-state index contributed by atoms with van der Waals surface area (Å²) in [6.07, 6.45) is 6.57. The van der Waals surface area contributed by atoms with Gasteiger partial charge in [0.15, 0.2) is 0 Å². The van der Waals surface area contributed by atoms with Crippen molar-refractivity contribution in [1.29, 1.82) is 0 Å². The number of aromatic nitrogens is 2. The molecule has 0 aliphatic rings. The van der Waals surface area contributed by atoms with Crippen molar-refractivity contribution in [3.8, 4) is 5.88 Å². The van der Waals surface area contributed by atoms with Crippen molar-refractivity contribution >= 4 is 29.6 Å². The summed E-state index contributed by atoms with van der Waals surface area (Å²) in [6.45, 7) is 0. The molecule has 1 aromatic rings. The molecule has 1 heterocycles. The highest BCUT2D eigenvalue weighted by Gasteiger charge is 2.20. The van der Waals surface area contributed by atoms with Gasteiger partial charge in [-0.05, 0) is 25.7 Å². The van der Waals surface area contributed by atoms with Crippen molar-refractivity contribution in [3.63, 3.8) is 0 Å². The number of carboxylic acid groups (broad SMARTS) is 2. The molecule has 1 aromatic heterocycles. The molecule has 0 radical (unpaired) electrons. The smallest absolute Gasteiger partial charge is 0.326 e. The molecule has 0 bridgehead atoms. The van der Waals surface area contributed by atoms with E-state index in [1.165, 1.54) is 0 Å². The fourth-order valence-corrected chi connectivity index (χ4v) is 3.01. The number of carbonyl (C=O) groups excluding carboxylic acids is 1. The van der Waals surface area contributed by atoms with Gasteiger partial charge in [-0.3, -0.25) is 9.59 Å². The Bertz CT molecular complexity index is 704. The summed E-state index contributed by atoms with van der Waals surface area (Å²) in [4.78, 5) is 40.9. The first-order valence-electron chi connectivity index (χ1n) is 10.1. The standard InChI is InChI=1S/C19H31N5O6/c20-16-12(17(28)24-19(21)23-16)8-6-4-2-1-3-5-7-9-14(25)22-13(18(29)30)10-11-15(26)27/h13H,1-11H2,(H,22,25)(H,26,27)(H,29,30)(H5,20,21,23,24,28)/t13-/m0/s1. The third kappa shape index (κ3) is 9.89. The number of aliphatic carboxylic acids is 2. The molecule has 0 aliphatic carbocycles. The lowest BCUT2D eigenvalue weighted by molar-refractivity contribution is -0.143. The van der Waals surface area contributed by atoms with Crippen LogP contribution in [0.2, 0.25) is 0 Å². The zero-order valence-electron chi connectivity index (χ0n) is 17.0. The molecule has 11 heteroatoms. The van der Waals surface area contributed by atoms with Crippen molar-refractivity contribution in [2.75, 3.05) is 11.5 Å². The zero-order chi connectivity index (χ0) is 22.5. The first kappa shape index (κ1) is 24.9. The highest BCUT2D eigenvalue weighted by Crippen LogP contribution is 2.23. The number of amides is 1. The second kappa shape index (κ2) is 13.2. The van der Waals surface area contributed by atoms with Gasteiger partial charge in [0, 0.05) is 12.8 Å². The predicted molar refractivity (Wildman–Crippen MR) is 110 cm³/mol. The van der Waals surface area contributed by atoms with Crippen LogP contribution in [0, 0.1) is 0 Å². The molecule has 0 unspecified atom stereocenters. The third-order valence-corrected chi connectivity index (χ3v) is 4.65. The molecule has 0 spiro atoms. The van der Waals surface area contributed by atoms with Gasteiger partial charge in [0.25, 0.3) is 0 Å². The lowest BCUT2D eigenvalue weighted by Gasteiger charge is -2.13. The lowest BCUT2D eigenvalue weighted by Crippen LogP contribution is -2.41. The second-order valence-corrected chi connectivity index (χ2v) is 7.13. The fourth-order valence-electron chi connectivity index (χ4n) is 3.01. The molecule has 0 saturated heterocycles. The van der Waals surface area contributed by atoms with Crippen LogP contribution in [0.25, 0.3) is 0 Å². The lowest BCUT2D eigenvalue weighted by atomic mass is 10.0. The van der Waals surface area contributed by atoms with Crippen molar-refractivity contribution < 1.29 is 29.7 Å². The first-order valence-corrected chi connectivity index (χ1v) is 10.1. The zero-order valence-corrected chi connectivity index (χ0v) is 17.0. The van der Waals surface area contributed by atoms with E-state index in [0.29, 0.717) is 18.4 Å². The molecule has 8 N–H and O–H groups in total. The maximum Gasteiger partial charge on any atom is 0.326 e. The average Bonchev–Trinajstić information content (AvgIpc) is 2.64. The van der Waals surface area contributed by atoms with Crippen LogP contribution in [0.5, 0.6) is 5.88 Å². The van der Waals surface area contributed by atoms with E-state index in [1.807, 2.05) is 0 Å². The monoisotopic (exact) mass is 425 g/mol. The molecule has 168 valence electrons. The molecule has 0 fully saturated rings. The van der Waals surface area contributed by atoms with E-state index in [2.05, 4.69) is 15.3 Å². The van der Waals surface area contributed by atoms with E-state index in [0.717, 1.165) is 38.5 Å². The quantitative estimate of drug-likeness (QED) is 0.223. The summed E-state index contributed by atoms with van der Waals surface area (Å²) in [6, 6.07) is -1.17. The van der Waals surface area contributed by atoms with E-state index < -0.39 is 18.0 Å². The second-order valence-electron chi connectivity index (χ2n) is 7.13. The number of carboxylic acids is 2. The summed E-state index contributed by atoms with van der Waals surface area (Å²) >= 11 is 0. The molecular weight excluding hydrogens is 394 g/mol. The third-order valence-electron chi connectivity index (χ3n) is 4.65. The number of aromatic hydroxyl groups is 1. The van der Waals surface area contributed by atoms with E-state index in [4.69, 9.17) is 21.7 Å². The van der Waals surface area contributed by atoms with E-state index >= 15 is 0 Å². The number of anilines is 2. The van der Waals surface area contributed by atoms with Crippen LogP contribution in [-0.2, 0) is 20.8 Å². The number of nitrogens with two attached hydrogens (primary N) is 2. The van der Waals surface area contributed by atoms with Crippen LogP contribution < -0.4 is 16.8 Å². The number of rotatable bonds is 15. The highest BCUT2D eigenvalue weighted by molar-refractivity contribution is 5.83. The maximum atomic E-state index is 11.8. The number of hydrogen-bond donors (Lipinski definition) is 6. The van der Waals surface area contributed by atoms with Crippen molar-refractivity contribution in [1.82, 2.24) is 15.3 Å². The summed E-state index contributed by atoms with van der Waals surface area (Å²) in [5.74, 6) is -2.74. The van der Waals surface area contributed by atoms with Crippen LogP contribution in [0.4, 0.5) is 11.8 Å². The molecule has 0 aromatic carbocycles. The van der Waals surface area contributed by atoms with Gasteiger partial charge >= 0.3 is 11.9 Å². The minimum absolute atomic E-state index is 0.0545. The minimum Gasteiger partial charge on any atom is -0.493 e. The van der Waals surface area contributed by atoms with Gasteiger partial charge in [-0.2, -0.15) is 9.97 Å². The number of unbranched alkanes of at least 4 members (excludes halogenated alkanes) is 6. The Kier molecular flexibility index (Phi) is 10.9. The average molecular weight is 425 g/mol. The van der Waals surface area contributed by atoms with Gasteiger partial charge in [-0.15, -0.1) is 0 Å². The normalized spacial score (nSPS) is 11.7. The Hall–Kier alpha value is -3.11. The van der Waals surface area contributed by atoms with Crippen LogP contribution in [0.1, 0.15) is 69.8 Å². The van der Waals surface area contributed by atoms with E-state index in [9.17, 15) is 19.5 Å². The SMILES string of the molecule is Nc1nc(N)c(CCCCCCCCCC(=O)N[C@@H](CCC(=O)O)C(=O)O)c(O)n1. The topological polar surface area (TPSA) is 202 Å². The largest absolute Gasteiger partial charge is 0.493 e. The van der Waals surface area contributed by atoms with Crippen molar-refractivity contribution in [2.45, 2.75) is 76.7 Å². The Morgan fingerprint density at radius 1 is 0.900 bits per heavy atom. The molecule has 1 atom stereocenters. The summed E-state index contributed by atoms with van der Waals surface area (Å²) in [5, 5.41) is 29.8. The fraction of sp³-hybridized carbons (Fsp3) is 0.632. The highest BCUT2D eigenvalue weighted by atomic mass is 16.4. The Morgan fingerprint density at radius 3 is 2.07 bits per heavy atom. The van der Waals surface area contributed by atoms with E-state index in [-0.39, 0.29) is 42.8 Å². The Morgan fingerprint density at radius 2 is 1.50 bits per heavy atom. The summed E-state index contributed by atoms with van der Waals surface area (Å²) < 4.78 is 0. The van der Waals surface area contributed by atoms with Crippen LogP contribution in [0.15, 0.2) is 0 Å². The number of nitrogens with zero attached hydrogens (tertiary/aromatic N) is 2. The van der Waals surface area contributed by atoms with Gasteiger partial charge in [0.1, 0.15) is 11.9 Å². The van der Waals surface area contributed by atoms with Crippen LogP contribution >= 0.6 is 0 Å².